The third-order valence-electron chi connectivity index (χ3n) is 3.69. The lowest BCUT2D eigenvalue weighted by Crippen LogP contribution is -2.17. The predicted octanol–water partition coefficient (Wildman–Crippen LogP) is 3.51. The van der Waals surface area contributed by atoms with Gasteiger partial charge in [-0.2, -0.15) is 0 Å². The molecule has 2 rings (SSSR count). The van der Waals surface area contributed by atoms with Crippen LogP contribution in [0.25, 0.3) is 0 Å². The number of rotatable bonds is 4. The largest absolute Gasteiger partial charge is 0.465 e. The molecule has 1 aromatic heterocycles. The Hall–Kier alpha value is -1.91. The van der Waals surface area contributed by atoms with Crippen LogP contribution in [0.15, 0.2) is 30.1 Å². The van der Waals surface area contributed by atoms with Crippen molar-refractivity contribution in [2.45, 2.75) is 39.4 Å². The first-order valence-corrected chi connectivity index (χ1v) is 6.95. The van der Waals surface area contributed by atoms with E-state index in [-0.39, 0.29) is 12.5 Å². The van der Waals surface area contributed by atoms with Gasteiger partial charge in [-0.25, -0.2) is 8.78 Å². The first kappa shape index (κ1) is 15.5. The van der Waals surface area contributed by atoms with E-state index in [2.05, 4.69) is 0 Å². The summed E-state index contributed by atoms with van der Waals surface area (Å²) in [5.74, 6) is -1.40. The summed E-state index contributed by atoms with van der Waals surface area (Å²) in [7, 11) is 0. The highest BCUT2D eigenvalue weighted by molar-refractivity contribution is 5.69. The smallest absolute Gasteiger partial charge is 0.325 e. The number of halogens is 2. The molecule has 2 unspecified atom stereocenters. The molecule has 5 heteroatoms. The summed E-state index contributed by atoms with van der Waals surface area (Å²) in [5, 5.41) is 0. The maximum Gasteiger partial charge on any atom is 0.325 e. The molecule has 1 aromatic rings. The molecule has 0 saturated heterocycles. The highest BCUT2D eigenvalue weighted by Gasteiger charge is 2.26. The van der Waals surface area contributed by atoms with Gasteiger partial charge in [0, 0.05) is 17.3 Å². The van der Waals surface area contributed by atoms with Crippen LogP contribution in [0.4, 0.5) is 8.78 Å². The van der Waals surface area contributed by atoms with Gasteiger partial charge in [-0.1, -0.05) is 6.08 Å². The maximum absolute atomic E-state index is 14.0. The van der Waals surface area contributed by atoms with E-state index < -0.39 is 17.9 Å². The Morgan fingerprint density at radius 2 is 2.14 bits per heavy atom. The number of esters is 1. The van der Waals surface area contributed by atoms with Gasteiger partial charge in [0.05, 0.1) is 6.61 Å². The molecule has 0 aliphatic heterocycles. The van der Waals surface area contributed by atoms with Crippen molar-refractivity contribution in [1.82, 2.24) is 4.57 Å². The Morgan fingerprint density at radius 1 is 1.43 bits per heavy atom. The molecular weight excluding hydrogens is 276 g/mol. The van der Waals surface area contributed by atoms with E-state index in [1.807, 2.05) is 19.9 Å². The molecular formula is C16H19F2NO2. The van der Waals surface area contributed by atoms with Gasteiger partial charge < -0.3 is 9.30 Å². The Morgan fingerprint density at radius 3 is 2.76 bits per heavy atom. The zero-order valence-electron chi connectivity index (χ0n) is 12.4. The molecule has 2 atom stereocenters. The van der Waals surface area contributed by atoms with Crippen LogP contribution in [0, 0.1) is 13.8 Å². The predicted molar refractivity (Wildman–Crippen MR) is 76.5 cm³/mol. The molecule has 0 bridgehead atoms. The summed E-state index contributed by atoms with van der Waals surface area (Å²) in [4.78, 5) is 11.6. The second-order valence-electron chi connectivity index (χ2n) is 5.10. The number of carbonyl (C=O) groups is 1. The molecule has 0 N–H and O–H groups in total. The van der Waals surface area contributed by atoms with Crippen molar-refractivity contribution in [3.05, 3.63) is 47.1 Å². The number of nitrogens with zero attached hydrogens (tertiary/aromatic N) is 1. The summed E-state index contributed by atoms with van der Waals surface area (Å²) in [6, 6.07) is 1.84. The van der Waals surface area contributed by atoms with Crippen LogP contribution in [0.5, 0.6) is 0 Å². The zero-order valence-corrected chi connectivity index (χ0v) is 12.4. The molecule has 0 saturated carbocycles. The van der Waals surface area contributed by atoms with E-state index in [4.69, 9.17) is 4.74 Å². The summed E-state index contributed by atoms with van der Waals surface area (Å²) >= 11 is 0. The molecule has 1 heterocycles. The van der Waals surface area contributed by atoms with Gasteiger partial charge in [-0.15, -0.1) is 0 Å². The maximum atomic E-state index is 14.0. The highest BCUT2D eigenvalue weighted by atomic mass is 19.1. The molecule has 1 aliphatic rings. The fourth-order valence-corrected chi connectivity index (χ4v) is 2.63. The second kappa shape index (κ2) is 6.24. The van der Waals surface area contributed by atoms with Crippen LogP contribution in [-0.4, -0.2) is 23.3 Å². The number of hydrogen-bond donors (Lipinski definition) is 0. The van der Waals surface area contributed by atoms with Gasteiger partial charge in [-0.3, -0.25) is 4.79 Å². The molecule has 0 radical (unpaired) electrons. The van der Waals surface area contributed by atoms with Gasteiger partial charge in [-0.05, 0) is 44.6 Å². The normalized spacial score (nSPS) is 21.3. The monoisotopic (exact) mass is 295 g/mol. The van der Waals surface area contributed by atoms with E-state index in [0.717, 1.165) is 23.0 Å². The van der Waals surface area contributed by atoms with E-state index in [1.165, 1.54) is 12.2 Å². The zero-order chi connectivity index (χ0) is 15.6. The minimum absolute atomic E-state index is 0.100. The first-order valence-electron chi connectivity index (χ1n) is 6.95. The summed E-state index contributed by atoms with van der Waals surface area (Å²) in [5.41, 5.74) is 2.42. The van der Waals surface area contributed by atoms with Gasteiger partial charge >= 0.3 is 5.97 Å². The average Bonchev–Trinajstić information content (AvgIpc) is 2.67. The molecule has 0 fully saturated rings. The van der Waals surface area contributed by atoms with Crippen molar-refractivity contribution < 1.29 is 18.3 Å². The average molecular weight is 295 g/mol. The number of allylic oxidation sites excluding steroid dienone is 4. The van der Waals surface area contributed by atoms with Gasteiger partial charge in [0.25, 0.3) is 0 Å². The minimum atomic E-state index is -1.40. The van der Waals surface area contributed by atoms with E-state index in [1.54, 1.807) is 11.5 Å². The quantitative estimate of drug-likeness (QED) is 0.796. The summed E-state index contributed by atoms with van der Waals surface area (Å²) < 4.78 is 33.8. The van der Waals surface area contributed by atoms with Crippen LogP contribution in [0.1, 0.15) is 29.8 Å². The Kier molecular flexibility index (Phi) is 4.60. The van der Waals surface area contributed by atoms with Crippen molar-refractivity contribution in [3.8, 4) is 0 Å². The van der Waals surface area contributed by atoms with Crippen LogP contribution >= 0.6 is 0 Å². The third-order valence-corrected chi connectivity index (χ3v) is 3.69. The molecule has 0 amide bonds. The van der Waals surface area contributed by atoms with Crippen LogP contribution in [0.2, 0.25) is 0 Å². The summed E-state index contributed by atoms with van der Waals surface area (Å²) in [6.07, 6.45) is 2.38. The minimum Gasteiger partial charge on any atom is -0.465 e. The molecule has 0 spiro atoms. The van der Waals surface area contributed by atoms with Gasteiger partial charge in [0.1, 0.15) is 18.5 Å². The Bertz CT molecular complexity index is 602. The molecule has 1 aliphatic carbocycles. The molecule has 21 heavy (non-hydrogen) atoms. The topological polar surface area (TPSA) is 31.2 Å². The van der Waals surface area contributed by atoms with E-state index in [9.17, 15) is 13.6 Å². The van der Waals surface area contributed by atoms with E-state index >= 15 is 0 Å². The number of carbonyl (C=O) groups excluding carboxylic acids is 1. The number of ether oxygens (including phenoxy) is 1. The second-order valence-corrected chi connectivity index (χ2v) is 5.10. The Labute approximate surface area is 122 Å². The fourth-order valence-electron chi connectivity index (χ4n) is 2.63. The van der Waals surface area contributed by atoms with E-state index in [0.29, 0.717) is 6.61 Å². The van der Waals surface area contributed by atoms with Crippen LogP contribution < -0.4 is 0 Å². The molecule has 0 aromatic carbocycles. The lowest BCUT2D eigenvalue weighted by atomic mass is 9.91. The van der Waals surface area contributed by atoms with Crippen LogP contribution in [0.3, 0.4) is 0 Å². The van der Waals surface area contributed by atoms with Crippen molar-refractivity contribution in [2.75, 3.05) is 6.61 Å². The first-order chi connectivity index (χ1) is 9.93. The van der Waals surface area contributed by atoms with Crippen molar-refractivity contribution in [2.24, 2.45) is 0 Å². The lowest BCUT2D eigenvalue weighted by molar-refractivity contribution is -0.143. The number of hydrogen-bond acceptors (Lipinski definition) is 2. The van der Waals surface area contributed by atoms with Crippen LogP contribution in [-0.2, 0) is 16.1 Å². The standard InChI is InChI=1S/C16H19F2NO2/c1-4-21-16(20)9-19-10(2)7-14(11(19)3)13-6-5-12(17)8-15(13)18/h5-8,13,15H,4,9H2,1-3H3. The highest BCUT2D eigenvalue weighted by Crippen LogP contribution is 2.33. The fraction of sp³-hybridized carbons (Fsp3) is 0.438. The number of aromatic nitrogens is 1. The molecule has 114 valence electrons. The van der Waals surface area contributed by atoms with Gasteiger partial charge in [0.2, 0.25) is 0 Å². The van der Waals surface area contributed by atoms with Crippen molar-refractivity contribution in [3.63, 3.8) is 0 Å². The molecule has 3 nitrogen and oxygen atoms in total. The number of aryl methyl sites for hydroxylation is 1. The van der Waals surface area contributed by atoms with Gasteiger partial charge in [0.15, 0.2) is 0 Å². The van der Waals surface area contributed by atoms with Crippen molar-refractivity contribution >= 4 is 5.97 Å². The lowest BCUT2D eigenvalue weighted by Gasteiger charge is -2.18. The number of alkyl halides is 1. The van der Waals surface area contributed by atoms with Crippen molar-refractivity contribution in [1.29, 1.82) is 0 Å². The Balaban J connectivity index is 2.27. The SMILES string of the molecule is CCOC(=O)Cn1c(C)cc(C2C=CC(F)=CC2F)c1C. The third kappa shape index (κ3) is 3.23. The summed E-state index contributed by atoms with van der Waals surface area (Å²) in [6.45, 7) is 5.86.